The van der Waals surface area contributed by atoms with Crippen LogP contribution in [0.25, 0.3) is 11.7 Å². The van der Waals surface area contributed by atoms with E-state index in [1.807, 2.05) is 6.92 Å². The molecule has 0 saturated carbocycles. The lowest BCUT2D eigenvalue weighted by molar-refractivity contribution is -0.122. The zero-order valence-electron chi connectivity index (χ0n) is 16.0. The van der Waals surface area contributed by atoms with Crippen LogP contribution < -0.4 is 10.9 Å². The van der Waals surface area contributed by atoms with Crippen molar-refractivity contribution in [2.24, 2.45) is 0 Å². The van der Waals surface area contributed by atoms with Crippen molar-refractivity contribution < 1.29 is 14.6 Å². The molecule has 1 amide bonds. The SMILES string of the molecule is CCCN1C(=O)C(=Cc2c(NCCOCCO)nc3ccccn3c2=O)SC1=S. The van der Waals surface area contributed by atoms with E-state index >= 15 is 0 Å². The number of pyridine rings is 1. The van der Waals surface area contributed by atoms with E-state index in [0.29, 0.717) is 40.4 Å². The average molecular weight is 435 g/mol. The van der Waals surface area contributed by atoms with Gasteiger partial charge in [0.15, 0.2) is 0 Å². The first-order valence-corrected chi connectivity index (χ1v) is 10.5. The number of carbonyl (C=O) groups is 1. The van der Waals surface area contributed by atoms with E-state index < -0.39 is 0 Å². The maximum atomic E-state index is 13.1. The molecule has 0 atom stereocenters. The fraction of sp³-hybridized carbons (Fsp3) is 0.368. The summed E-state index contributed by atoms with van der Waals surface area (Å²) in [5, 5.41) is 11.9. The standard InChI is InChI=1S/C19H22N4O4S2/c1-2-7-23-18(26)14(29-19(23)28)12-13-16(20-6-10-27-11-9-24)21-15-5-3-4-8-22(15)17(13)25/h3-5,8,12,20,24H,2,6-7,9-11H2,1H3. The predicted molar refractivity (Wildman–Crippen MR) is 118 cm³/mol. The summed E-state index contributed by atoms with van der Waals surface area (Å²) in [5.41, 5.74) is 0.495. The van der Waals surface area contributed by atoms with Gasteiger partial charge in [-0.15, -0.1) is 0 Å². The number of rotatable bonds is 9. The number of hydrogen-bond donors (Lipinski definition) is 2. The van der Waals surface area contributed by atoms with Gasteiger partial charge in [0, 0.05) is 19.3 Å². The number of thioether (sulfide) groups is 1. The van der Waals surface area contributed by atoms with Crippen LogP contribution in [0, 0.1) is 0 Å². The maximum Gasteiger partial charge on any atom is 0.267 e. The van der Waals surface area contributed by atoms with Gasteiger partial charge in [0.25, 0.3) is 11.5 Å². The largest absolute Gasteiger partial charge is 0.394 e. The molecule has 29 heavy (non-hydrogen) atoms. The molecule has 0 unspecified atom stereocenters. The molecule has 2 N–H and O–H groups in total. The lowest BCUT2D eigenvalue weighted by Crippen LogP contribution is -2.28. The van der Waals surface area contributed by atoms with Gasteiger partial charge in [-0.05, 0) is 24.6 Å². The lowest BCUT2D eigenvalue weighted by Gasteiger charge is -2.12. The molecule has 2 aromatic rings. The van der Waals surface area contributed by atoms with Crippen LogP contribution in [0.4, 0.5) is 5.82 Å². The van der Waals surface area contributed by atoms with E-state index in [2.05, 4.69) is 10.3 Å². The smallest absolute Gasteiger partial charge is 0.267 e. The minimum Gasteiger partial charge on any atom is -0.394 e. The Morgan fingerprint density at radius 1 is 1.34 bits per heavy atom. The Morgan fingerprint density at radius 3 is 2.93 bits per heavy atom. The summed E-state index contributed by atoms with van der Waals surface area (Å²) in [6.07, 6.45) is 3.99. The second kappa shape index (κ2) is 9.97. The Hall–Kier alpha value is -2.27. The molecule has 0 aromatic carbocycles. The third-order valence-electron chi connectivity index (χ3n) is 4.14. The van der Waals surface area contributed by atoms with Crippen LogP contribution in [-0.4, -0.2) is 62.5 Å². The molecule has 1 fully saturated rings. The second-order valence-corrected chi connectivity index (χ2v) is 7.88. The number of nitrogens with zero attached hydrogens (tertiary/aromatic N) is 3. The molecule has 1 aliphatic rings. The molecule has 0 radical (unpaired) electrons. The van der Waals surface area contributed by atoms with Crippen molar-refractivity contribution in [2.75, 3.05) is 38.2 Å². The van der Waals surface area contributed by atoms with Crippen LogP contribution >= 0.6 is 24.0 Å². The molecular formula is C19H22N4O4S2. The normalized spacial score (nSPS) is 15.7. The highest BCUT2D eigenvalue weighted by Gasteiger charge is 2.31. The highest BCUT2D eigenvalue weighted by Crippen LogP contribution is 2.33. The Balaban J connectivity index is 1.97. The summed E-state index contributed by atoms with van der Waals surface area (Å²) >= 11 is 6.49. The van der Waals surface area contributed by atoms with Crippen LogP contribution in [0.15, 0.2) is 34.1 Å². The number of anilines is 1. The topological polar surface area (TPSA) is 96.2 Å². The summed E-state index contributed by atoms with van der Waals surface area (Å²) in [6.45, 7) is 3.44. The molecule has 3 heterocycles. The molecule has 1 aliphatic heterocycles. The zero-order chi connectivity index (χ0) is 20.8. The third-order valence-corrected chi connectivity index (χ3v) is 5.52. The van der Waals surface area contributed by atoms with Gasteiger partial charge in [-0.3, -0.25) is 18.9 Å². The van der Waals surface area contributed by atoms with Crippen molar-refractivity contribution >= 4 is 51.7 Å². The van der Waals surface area contributed by atoms with Crippen molar-refractivity contribution in [1.82, 2.24) is 14.3 Å². The highest BCUT2D eigenvalue weighted by molar-refractivity contribution is 8.26. The Bertz CT molecular complexity index is 1010. The van der Waals surface area contributed by atoms with Crippen LogP contribution in [0.5, 0.6) is 0 Å². The van der Waals surface area contributed by atoms with Crippen LogP contribution in [0.1, 0.15) is 18.9 Å². The van der Waals surface area contributed by atoms with E-state index in [1.165, 1.54) is 16.2 Å². The van der Waals surface area contributed by atoms with Crippen LogP contribution in [0.3, 0.4) is 0 Å². The molecule has 8 nitrogen and oxygen atoms in total. The maximum absolute atomic E-state index is 13.1. The van der Waals surface area contributed by atoms with E-state index in [0.717, 1.165) is 6.42 Å². The number of aliphatic hydroxyl groups is 1. The fourth-order valence-electron chi connectivity index (χ4n) is 2.82. The van der Waals surface area contributed by atoms with Crippen LogP contribution in [0.2, 0.25) is 0 Å². The monoisotopic (exact) mass is 434 g/mol. The number of amides is 1. The van der Waals surface area contributed by atoms with E-state index in [-0.39, 0.29) is 30.2 Å². The second-order valence-electron chi connectivity index (χ2n) is 6.20. The number of thiocarbonyl (C=S) groups is 1. The summed E-state index contributed by atoms with van der Waals surface area (Å²) in [5.74, 6) is 0.172. The summed E-state index contributed by atoms with van der Waals surface area (Å²) in [4.78, 5) is 32.2. The van der Waals surface area contributed by atoms with Gasteiger partial charge in [0.2, 0.25) is 0 Å². The molecule has 0 spiro atoms. The Morgan fingerprint density at radius 2 is 2.17 bits per heavy atom. The van der Waals surface area contributed by atoms with Gasteiger partial charge in [-0.25, -0.2) is 4.98 Å². The van der Waals surface area contributed by atoms with Crippen molar-refractivity contribution in [2.45, 2.75) is 13.3 Å². The number of fused-ring (bicyclic) bond motifs is 1. The first kappa shape index (κ1) is 21.4. The molecule has 2 aromatic heterocycles. The summed E-state index contributed by atoms with van der Waals surface area (Å²) in [6, 6.07) is 5.28. The Labute approximate surface area is 177 Å². The predicted octanol–water partition coefficient (Wildman–Crippen LogP) is 1.73. The van der Waals surface area contributed by atoms with Gasteiger partial charge in [-0.2, -0.15) is 0 Å². The summed E-state index contributed by atoms with van der Waals surface area (Å²) < 4.78 is 7.17. The lowest BCUT2D eigenvalue weighted by atomic mass is 10.2. The van der Waals surface area contributed by atoms with E-state index in [9.17, 15) is 9.59 Å². The van der Waals surface area contributed by atoms with Gasteiger partial charge in [-0.1, -0.05) is 37.0 Å². The molecule has 1 saturated heterocycles. The first-order valence-electron chi connectivity index (χ1n) is 9.26. The minimum absolute atomic E-state index is 0.0551. The summed E-state index contributed by atoms with van der Waals surface area (Å²) in [7, 11) is 0. The first-order chi connectivity index (χ1) is 14.1. The highest BCUT2D eigenvalue weighted by atomic mass is 32.2. The Kier molecular flexibility index (Phi) is 7.37. The van der Waals surface area contributed by atoms with E-state index in [1.54, 1.807) is 35.4 Å². The van der Waals surface area contributed by atoms with Crippen molar-refractivity contribution in [3.05, 3.63) is 45.2 Å². The van der Waals surface area contributed by atoms with Gasteiger partial charge < -0.3 is 15.2 Å². The fourth-order valence-corrected chi connectivity index (χ4v) is 4.11. The quantitative estimate of drug-likeness (QED) is 0.350. The van der Waals surface area contributed by atoms with Crippen molar-refractivity contribution in [1.29, 1.82) is 0 Å². The van der Waals surface area contributed by atoms with Gasteiger partial charge in [0.1, 0.15) is 15.8 Å². The molecule has 154 valence electrons. The van der Waals surface area contributed by atoms with Gasteiger partial charge >= 0.3 is 0 Å². The zero-order valence-corrected chi connectivity index (χ0v) is 17.6. The number of nitrogens with one attached hydrogen (secondary N) is 1. The molecule has 3 rings (SSSR count). The van der Waals surface area contributed by atoms with Gasteiger partial charge in [0.05, 0.1) is 30.3 Å². The number of aromatic nitrogens is 2. The number of hydrogen-bond acceptors (Lipinski definition) is 8. The third kappa shape index (κ3) is 4.84. The van der Waals surface area contributed by atoms with Crippen LogP contribution in [-0.2, 0) is 9.53 Å². The molecule has 0 aliphatic carbocycles. The number of aliphatic hydroxyl groups excluding tert-OH is 1. The molecular weight excluding hydrogens is 412 g/mol. The number of carbonyl (C=O) groups excluding carboxylic acids is 1. The number of ether oxygens (including phenoxy) is 1. The molecule has 10 heteroatoms. The minimum atomic E-state index is -0.282. The van der Waals surface area contributed by atoms with E-state index in [4.69, 9.17) is 22.1 Å². The van der Waals surface area contributed by atoms with Crippen molar-refractivity contribution in [3.8, 4) is 0 Å². The van der Waals surface area contributed by atoms with Crippen molar-refractivity contribution in [3.63, 3.8) is 0 Å². The molecule has 0 bridgehead atoms. The average Bonchev–Trinajstić information content (AvgIpc) is 2.98.